The third-order valence-electron chi connectivity index (χ3n) is 1.92. The third-order valence-corrected chi connectivity index (χ3v) is 3.46. The number of alkyl halides is 1. The zero-order chi connectivity index (χ0) is 9.42. The Bertz CT molecular complexity index is 450. The van der Waals surface area contributed by atoms with Gasteiger partial charge in [0.05, 0.1) is 10.9 Å². The van der Waals surface area contributed by atoms with E-state index in [4.69, 9.17) is 28.9 Å². The molecule has 0 unspecified atom stereocenters. The summed E-state index contributed by atoms with van der Waals surface area (Å²) < 4.78 is 1.14. The van der Waals surface area contributed by atoms with Crippen LogP contribution in [0.5, 0.6) is 0 Å². The molecule has 0 fully saturated rings. The van der Waals surface area contributed by atoms with Gasteiger partial charge in [0.15, 0.2) is 0 Å². The lowest BCUT2D eigenvalue weighted by molar-refractivity contribution is 1.50. The van der Waals surface area contributed by atoms with Crippen molar-refractivity contribution in [3.63, 3.8) is 0 Å². The Balaban J connectivity index is 2.80. The summed E-state index contributed by atoms with van der Waals surface area (Å²) in [5.41, 5.74) is 6.79. The summed E-state index contributed by atoms with van der Waals surface area (Å²) in [5.74, 6) is 0.437. The maximum absolute atomic E-state index is 5.88. The normalized spacial score (nSPS) is 10.9. The largest absolute Gasteiger partial charge is 0.390 e. The van der Waals surface area contributed by atoms with E-state index in [0.717, 1.165) is 25.7 Å². The first-order valence-electron chi connectivity index (χ1n) is 3.74. The minimum absolute atomic E-state index is 0.437. The van der Waals surface area contributed by atoms with E-state index in [0.29, 0.717) is 5.88 Å². The summed E-state index contributed by atoms with van der Waals surface area (Å²) in [7, 11) is 0. The first-order valence-corrected chi connectivity index (χ1v) is 5.47. The fraction of sp³-hybridized carbons (Fsp3) is 0.111. The highest BCUT2D eigenvalue weighted by atomic mass is 35.5. The van der Waals surface area contributed by atoms with Gasteiger partial charge in [-0.1, -0.05) is 11.6 Å². The Labute approximate surface area is 90.1 Å². The fourth-order valence-electron chi connectivity index (χ4n) is 1.28. The van der Waals surface area contributed by atoms with Gasteiger partial charge in [0.25, 0.3) is 0 Å². The molecule has 1 nitrogen and oxygen atoms in total. The standard InChI is InChI=1S/C9H7Cl2NS/c10-4-7-6-3-5(11)1-2-8(6)13-9(7)12/h1-3H,4,12H2. The Hall–Kier alpha value is -0.440. The van der Waals surface area contributed by atoms with Crippen molar-refractivity contribution in [3.8, 4) is 0 Å². The van der Waals surface area contributed by atoms with Gasteiger partial charge >= 0.3 is 0 Å². The van der Waals surface area contributed by atoms with E-state index < -0.39 is 0 Å². The molecule has 1 aromatic heterocycles. The van der Waals surface area contributed by atoms with Crippen molar-refractivity contribution >= 4 is 49.6 Å². The van der Waals surface area contributed by atoms with Crippen LogP contribution in [-0.2, 0) is 5.88 Å². The SMILES string of the molecule is Nc1sc2ccc(Cl)cc2c1CCl. The van der Waals surface area contributed by atoms with Gasteiger partial charge in [0.1, 0.15) is 0 Å². The highest BCUT2D eigenvalue weighted by molar-refractivity contribution is 7.22. The molecule has 1 heterocycles. The lowest BCUT2D eigenvalue weighted by atomic mass is 10.2. The highest BCUT2D eigenvalue weighted by Gasteiger charge is 2.08. The number of nitrogen functional groups attached to an aromatic ring is 1. The molecule has 0 saturated carbocycles. The number of nitrogens with two attached hydrogens (primary N) is 1. The molecule has 0 saturated heterocycles. The maximum atomic E-state index is 5.88. The van der Waals surface area contributed by atoms with E-state index in [1.807, 2.05) is 18.2 Å². The van der Waals surface area contributed by atoms with Crippen molar-refractivity contribution in [2.75, 3.05) is 5.73 Å². The average molecular weight is 232 g/mol. The zero-order valence-electron chi connectivity index (χ0n) is 6.68. The Morgan fingerprint density at radius 3 is 2.85 bits per heavy atom. The Kier molecular flexibility index (Phi) is 2.37. The Morgan fingerprint density at radius 1 is 1.38 bits per heavy atom. The number of halogens is 2. The van der Waals surface area contributed by atoms with Crippen LogP contribution in [0.1, 0.15) is 5.56 Å². The second-order valence-electron chi connectivity index (χ2n) is 2.72. The van der Waals surface area contributed by atoms with Crippen LogP contribution in [0.15, 0.2) is 18.2 Å². The van der Waals surface area contributed by atoms with E-state index in [9.17, 15) is 0 Å². The van der Waals surface area contributed by atoms with E-state index in [-0.39, 0.29) is 0 Å². The van der Waals surface area contributed by atoms with Gasteiger partial charge in [-0.3, -0.25) is 0 Å². The topological polar surface area (TPSA) is 26.0 Å². The van der Waals surface area contributed by atoms with E-state index in [2.05, 4.69) is 0 Å². The number of fused-ring (bicyclic) bond motifs is 1. The fourth-order valence-corrected chi connectivity index (χ4v) is 2.79. The summed E-state index contributed by atoms with van der Waals surface area (Å²) in [5, 5.41) is 2.58. The van der Waals surface area contributed by atoms with Crippen LogP contribution in [0, 0.1) is 0 Å². The van der Waals surface area contributed by atoms with Gasteiger partial charge in [0, 0.05) is 20.7 Å². The minimum Gasteiger partial charge on any atom is -0.390 e. The van der Waals surface area contributed by atoms with Gasteiger partial charge in [-0.25, -0.2) is 0 Å². The molecule has 0 spiro atoms. The lowest BCUT2D eigenvalue weighted by Crippen LogP contribution is -1.84. The van der Waals surface area contributed by atoms with Crippen LogP contribution in [0.25, 0.3) is 10.1 Å². The zero-order valence-corrected chi connectivity index (χ0v) is 9.01. The first kappa shape index (κ1) is 9.13. The van der Waals surface area contributed by atoms with Crippen molar-refractivity contribution < 1.29 is 0 Å². The molecule has 13 heavy (non-hydrogen) atoms. The molecule has 0 aliphatic heterocycles. The lowest BCUT2D eigenvalue weighted by Gasteiger charge is -1.94. The second kappa shape index (κ2) is 3.37. The molecule has 2 rings (SSSR count). The van der Waals surface area contributed by atoms with Gasteiger partial charge in [0.2, 0.25) is 0 Å². The van der Waals surface area contributed by atoms with Gasteiger partial charge in [-0.05, 0) is 18.2 Å². The van der Waals surface area contributed by atoms with Gasteiger partial charge in [-0.2, -0.15) is 0 Å². The Morgan fingerprint density at radius 2 is 2.15 bits per heavy atom. The van der Waals surface area contributed by atoms with Crippen molar-refractivity contribution in [2.45, 2.75) is 5.88 Å². The highest BCUT2D eigenvalue weighted by Crippen LogP contribution is 2.35. The van der Waals surface area contributed by atoms with Crippen LogP contribution < -0.4 is 5.73 Å². The number of benzene rings is 1. The number of hydrogen-bond donors (Lipinski definition) is 1. The molecular weight excluding hydrogens is 225 g/mol. The molecule has 0 aliphatic rings. The van der Waals surface area contributed by atoms with Gasteiger partial charge < -0.3 is 5.73 Å². The molecule has 68 valence electrons. The molecular formula is C9H7Cl2NS. The van der Waals surface area contributed by atoms with Crippen LogP contribution in [0.4, 0.5) is 5.00 Å². The molecule has 2 aromatic rings. The van der Waals surface area contributed by atoms with Crippen LogP contribution in [-0.4, -0.2) is 0 Å². The average Bonchev–Trinajstić information content (AvgIpc) is 2.40. The predicted molar refractivity (Wildman–Crippen MR) is 60.8 cm³/mol. The van der Waals surface area contributed by atoms with E-state index >= 15 is 0 Å². The summed E-state index contributed by atoms with van der Waals surface area (Å²) in [6, 6.07) is 5.73. The van der Waals surface area contributed by atoms with Crippen LogP contribution in [0.3, 0.4) is 0 Å². The summed E-state index contributed by atoms with van der Waals surface area (Å²) in [4.78, 5) is 0. The number of thiophene rings is 1. The van der Waals surface area contributed by atoms with Crippen molar-refractivity contribution in [1.29, 1.82) is 0 Å². The third kappa shape index (κ3) is 1.50. The van der Waals surface area contributed by atoms with Crippen LogP contribution >= 0.6 is 34.5 Å². The molecule has 0 bridgehead atoms. The molecule has 0 radical (unpaired) electrons. The summed E-state index contributed by atoms with van der Waals surface area (Å²) in [6.07, 6.45) is 0. The molecule has 4 heteroatoms. The smallest absolute Gasteiger partial charge is 0.0913 e. The molecule has 0 amide bonds. The first-order chi connectivity index (χ1) is 6.22. The molecule has 0 atom stereocenters. The van der Waals surface area contributed by atoms with E-state index in [1.165, 1.54) is 0 Å². The van der Waals surface area contributed by atoms with Crippen molar-refractivity contribution in [3.05, 3.63) is 28.8 Å². The maximum Gasteiger partial charge on any atom is 0.0913 e. The quantitative estimate of drug-likeness (QED) is 0.742. The molecule has 1 aromatic carbocycles. The van der Waals surface area contributed by atoms with Gasteiger partial charge in [-0.15, -0.1) is 22.9 Å². The summed E-state index contributed by atoms with van der Waals surface area (Å²) in [6.45, 7) is 0. The second-order valence-corrected chi connectivity index (χ2v) is 4.51. The monoisotopic (exact) mass is 231 g/mol. The minimum atomic E-state index is 0.437. The number of hydrogen-bond acceptors (Lipinski definition) is 2. The van der Waals surface area contributed by atoms with E-state index in [1.54, 1.807) is 11.3 Å². The summed E-state index contributed by atoms with van der Waals surface area (Å²) >= 11 is 13.2. The predicted octanol–water partition coefficient (Wildman–Crippen LogP) is 3.88. The molecule has 0 aliphatic carbocycles. The number of anilines is 1. The number of rotatable bonds is 1. The van der Waals surface area contributed by atoms with Crippen LogP contribution in [0.2, 0.25) is 5.02 Å². The molecule has 2 N–H and O–H groups in total. The van der Waals surface area contributed by atoms with Crippen molar-refractivity contribution in [1.82, 2.24) is 0 Å². The van der Waals surface area contributed by atoms with Crippen molar-refractivity contribution in [2.24, 2.45) is 0 Å².